The molecular formula is C15H23NO. The average Bonchev–Trinajstić information content (AvgIpc) is 3.01. The minimum atomic E-state index is 0.358. The van der Waals surface area contributed by atoms with Gasteiger partial charge in [0.25, 0.3) is 0 Å². The van der Waals surface area contributed by atoms with E-state index in [0.29, 0.717) is 11.2 Å². The van der Waals surface area contributed by atoms with Gasteiger partial charge in [0.2, 0.25) is 0 Å². The molecular weight excluding hydrogens is 210 g/mol. The summed E-state index contributed by atoms with van der Waals surface area (Å²) in [5.74, 6) is 1.08. The Morgan fingerprint density at radius 2 is 1.88 bits per heavy atom. The molecule has 2 rings (SSSR count). The first-order chi connectivity index (χ1) is 8.10. The molecule has 1 aliphatic carbocycles. The second kappa shape index (κ2) is 5.09. The number of benzene rings is 1. The van der Waals surface area contributed by atoms with E-state index in [0.717, 1.165) is 25.4 Å². The summed E-state index contributed by atoms with van der Waals surface area (Å²) in [5, 5.41) is 12.8. The Balaban J connectivity index is 1.83. The van der Waals surface area contributed by atoms with Gasteiger partial charge in [-0.2, -0.15) is 0 Å². The summed E-state index contributed by atoms with van der Waals surface area (Å²) < 4.78 is 0. The standard InChI is InChI=1S/C15H23NO/c1-12(2)10-16-11-15(7-8-15)9-13-3-5-14(17)6-4-13/h3-6,12,16-17H,7-11H2,1-2H3. The van der Waals surface area contributed by atoms with Gasteiger partial charge in [0.15, 0.2) is 0 Å². The summed E-state index contributed by atoms with van der Waals surface area (Å²) in [6, 6.07) is 7.65. The molecule has 0 atom stereocenters. The number of hydrogen-bond acceptors (Lipinski definition) is 2. The number of aromatic hydroxyl groups is 1. The van der Waals surface area contributed by atoms with E-state index < -0.39 is 0 Å². The number of nitrogens with one attached hydrogen (secondary N) is 1. The lowest BCUT2D eigenvalue weighted by molar-refractivity contribution is 0.431. The smallest absolute Gasteiger partial charge is 0.115 e. The van der Waals surface area contributed by atoms with Crippen molar-refractivity contribution < 1.29 is 5.11 Å². The minimum Gasteiger partial charge on any atom is -0.508 e. The van der Waals surface area contributed by atoms with E-state index in [9.17, 15) is 5.11 Å². The van der Waals surface area contributed by atoms with Crippen molar-refractivity contribution in [3.63, 3.8) is 0 Å². The molecule has 2 N–H and O–H groups in total. The number of hydrogen-bond donors (Lipinski definition) is 2. The Morgan fingerprint density at radius 1 is 1.24 bits per heavy atom. The average molecular weight is 233 g/mol. The summed E-state index contributed by atoms with van der Waals surface area (Å²) >= 11 is 0. The number of phenolic OH excluding ortho intramolecular Hbond substituents is 1. The van der Waals surface area contributed by atoms with Gasteiger partial charge in [0.05, 0.1) is 0 Å². The second-order valence-electron chi connectivity index (χ2n) is 5.87. The fourth-order valence-corrected chi connectivity index (χ4v) is 2.27. The van der Waals surface area contributed by atoms with Gasteiger partial charge in [-0.1, -0.05) is 26.0 Å². The zero-order valence-electron chi connectivity index (χ0n) is 10.9. The predicted molar refractivity (Wildman–Crippen MR) is 71.2 cm³/mol. The molecule has 0 amide bonds. The quantitative estimate of drug-likeness (QED) is 0.791. The lowest BCUT2D eigenvalue weighted by Crippen LogP contribution is -2.28. The topological polar surface area (TPSA) is 32.3 Å². The Morgan fingerprint density at radius 3 is 2.41 bits per heavy atom. The summed E-state index contributed by atoms with van der Waals surface area (Å²) in [5.41, 5.74) is 1.83. The van der Waals surface area contributed by atoms with Gasteiger partial charge in [-0.3, -0.25) is 0 Å². The van der Waals surface area contributed by atoms with Crippen molar-refractivity contribution in [1.82, 2.24) is 5.32 Å². The SMILES string of the molecule is CC(C)CNCC1(Cc2ccc(O)cc2)CC1. The van der Waals surface area contributed by atoms with Crippen LogP contribution in [0.4, 0.5) is 0 Å². The highest BCUT2D eigenvalue weighted by molar-refractivity contribution is 5.27. The van der Waals surface area contributed by atoms with Gasteiger partial charge in [-0.25, -0.2) is 0 Å². The third-order valence-electron chi connectivity index (χ3n) is 3.53. The van der Waals surface area contributed by atoms with Crippen LogP contribution in [-0.4, -0.2) is 18.2 Å². The van der Waals surface area contributed by atoms with E-state index in [1.54, 1.807) is 12.1 Å². The fourth-order valence-electron chi connectivity index (χ4n) is 2.27. The summed E-state index contributed by atoms with van der Waals surface area (Å²) in [7, 11) is 0. The van der Waals surface area contributed by atoms with Crippen LogP contribution in [0, 0.1) is 11.3 Å². The third kappa shape index (κ3) is 3.74. The van der Waals surface area contributed by atoms with Crippen LogP contribution in [0.5, 0.6) is 5.75 Å². The molecule has 0 unspecified atom stereocenters. The van der Waals surface area contributed by atoms with Crippen molar-refractivity contribution in [3.8, 4) is 5.75 Å². The molecule has 0 saturated heterocycles. The molecule has 17 heavy (non-hydrogen) atoms. The van der Waals surface area contributed by atoms with Crippen LogP contribution in [0.2, 0.25) is 0 Å². The molecule has 0 aliphatic heterocycles. The summed E-state index contributed by atoms with van der Waals surface area (Å²) in [4.78, 5) is 0. The molecule has 0 bridgehead atoms. The van der Waals surface area contributed by atoms with Crippen LogP contribution in [0.1, 0.15) is 32.3 Å². The lowest BCUT2D eigenvalue weighted by Gasteiger charge is -2.17. The highest BCUT2D eigenvalue weighted by Crippen LogP contribution is 2.47. The molecule has 0 radical (unpaired) electrons. The van der Waals surface area contributed by atoms with E-state index in [2.05, 4.69) is 19.2 Å². The maximum atomic E-state index is 9.26. The molecule has 0 spiro atoms. The Labute approximate surface area is 104 Å². The highest BCUT2D eigenvalue weighted by atomic mass is 16.3. The first-order valence-electron chi connectivity index (χ1n) is 6.58. The first kappa shape index (κ1) is 12.4. The first-order valence-corrected chi connectivity index (χ1v) is 6.58. The maximum absolute atomic E-state index is 9.26. The van der Waals surface area contributed by atoms with E-state index in [-0.39, 0.29) is 0 Å². The van der Waals surface area contributed by atoms with Crippen molar-refractivity contribution >= 4 is 0 Å². The van der Waals surface area contributed by atoms with E-state index in [4.69, 9.17) is 0 Å². The summed E-state index contributed by atoms with van der Waals surface area (Å²) in [6.07, 6.45) is 3.80. The van der Waals surface area contributed by atoms with Crippen LogP contribution < -0.4 is 5.32 Å². The lowest BCUT2D eigenvalue weighted by atomic mass is 9.96. The van der Waals surface area contributed by atoms with Crippen molar-refractivity contribution in [3.05, 3.63) is 29.8 Å². The normalized spacial score (nSPS) is 17.4. The third-order valence-corrected chi connectivity index (χ3v) is 3.53. The largest absolute Gasteiger partial charge is 0.508 e. The number of phenols is 1. The van der Waals surface area contributed by atoms with E-state index in [1.165, 1.54) is 18.4 Å². The molecule has 2 nitrogen and oxygen atoms in total. The van der Waals surface area contributed by atoms with Gasteiger partial charge in [0.1, 0.15) is 5.75 Å². The predicted octanol–water partition coefficient (Wildman–Crippen LogP) is 2.96. The molecule has 1 aliphatic rings. The van der Waals surface area contributed by atoms with Gasteiger partial charge >= 0.3 is 0 Å². The molecule has 1 saturated carbocycles. The molecule has 1 fully saturated rings. The molecule has 1 aromatic rings. The van der Waals surface area contributed by atoms with Gasteiger partial charge in [-0.05, 0) is 54.8 Å². The van der Waals surface area contributed by atoms with Gasteiger partial charge in [0, 0.05) is 6.54 Å². The molecule has 0 heterocycles. The van der Waals surface area contributed by atoms with Crippen LogP contribution in [-0.2, 0) is 6.42 Å². The number of rotatable bonds is 6. The van der Waals surface area contributed by atoms with Crippen LogP contribution >= 0.6 is 0 Å². The fraction of sp³-hybridized carbons (Fsp3) is 0.600. The zero-order valence-corrected chi connectivity index (χ0v) is 10.9. The van der Waals surface area contributed by atoms with Crippen molar-refractivity contribution in [2.75, 3.05) is 13.1 Å². The van der Waals surface area contributed by atoms with Gasteiger partial charge in [-0.15, -0.1) is 0 Å². The summed E-state index contributed by atoms with van der Waals surface area (Å²) in [6.45, 7) is 6.72. The van der Waals surface area contributed by atoms with Crippen LogP contribution in [0.3, 0.4) is 0 Å². The van der Waals surface area contributed by atoms with Crippen molar-refractivity contribution in [2.45, 2.75) is 33.1 Å². The monoisotopic (exact) mass is 233 g/mol. The van der Waals surface area contributed by atoms with E-state index in [1.807, 2.05) is 12.1 Å². The minimum absolute atomic E-state index is 0.358. The van der Waals surface area contributed by atoms with Crippen LogP contribution in [0.15, 0.2) is 24.3 Å². The molecule has 0 aromatic heterocycles. The van der Waals surface area contributed by atoms with Crippen molar-refractivity contribution in [2.24, 2.45) is 11.3 Å². The Hall–Kier alpha value is -1.02. The molecule has 1 aromatic carbocycles. The maximum Gasteiger partial charge on any atom is 0.115 e. The van der Waals surface area contributed by atoms with E-state index >= 15 is 0 Å². The second-order valence-corrected chi connectivity index (χ2v) is 5.87. The highest BCUT2D eigenvalue weighted by Gasteiger charge is 2.41. The molecule has 2 heteroatoms. The van der Waals surface area contributed by atoms with Crippen molar-refractivity contribution in [1.29, 1.82) is 0 Å². The Kier molecular flexibility index (Phi) is 3.72. The van der Waals surface area contributed by atoms with Gasteiger partial charge < -0.3 is 10.4 Å². The van der Waals surface area contributed by atoms with Crippen LogP contribution in [0.25, 0.3) is 0 Å². The Bertz CT molecular complexity index is 352. The molecule has 94 valence electrons. The zero-order chi connectivity index (χ0) is 12.3.